The van der Waals surface area contributed by atoms with Gasteiger partial charge < -0.3 is 23.7 Å². The summed E-state index contributed by atoms with van der Waals surface area (Å²) in [6.07, 6.45) is -7.77. The van der Waals surface area contributed by atoms with Crippen molar-refractivity contribution in [3.63, 3.8) is 0 Å². The molecule has 0 saturated carbocycles. The minimum absolute atomic E-state index is 0.161. The van der Waals surface area contributed by atoms with Gasteiger partial charge in [-0.2, -0.15) is 13.2 Å². The molecule has 7 nitrogen and oxygen atoms in total. The highest BCUT2D eigenvalue weighted by molar-refractivity contribution is 5.89. The van der Waals surface area contributed by atoms with Crippen molar-refractivity contribution < 1.29 is 46.4 Å². The lowest BCUT2D eigenvalue weighted by molar-refractivity contribution is -0.279. The third-order valence-electron chi connectivity index (χ3n) is 5.90. The molecule has 0 aliphatic heterocycles. The van der Waals surface area contributed by atoms with Gasteiger partial charge in [-0.15, -0.1) is 0 Å². The molecule has 0 heterocycles. The van der Waals surface area contributed by atoms with E-state index in [1.54, 1.807) is 36.4 Å². The number of benzene rings is 3. The summed E-state index contributed by atoms with van der Waals surface area (Å²) in [6.45, 7) is 1.33. The minimum atomic E-state index is -5.16. The van der Waals surface area contributed by atoms with E-state index in [0.29, 0.717) is 17.1 Å². The molecular formula is C28H27F3O7. The number of carbonyl (C=O) groups is 2. The molecule has 0 bridgehead atoms. The molecule has 0 unspecified atom stereocenters. The number of esters is 2. The highest BCUT2D eigenvalue weighted by Gasteiger charge is 2.64. The van der Waals surface area contributed by atoms with Crippen molar-refractivity contribution in [1.29, 1.82) is 0 Å². The first-order chi connectivity index (χ1) is 18.1. The van der Waals surface area contributed by atoms with Gasteiger partial charge in [0, 0.05) is 12.7 Å². The Bertz CT molecular complexity index is 1210. The van der Waals surface area contributed by atoms with E-state index >= 15 is 0 Å². The number of hydrogen-bond donors (Lipinski definition) is 0. The molecule has 0 aromatic heterocycles. The predicted octanol–water partition coefficient (Wildman–Crippen LogP) is 5.64. The van der Waals surface area contributed by atoms with Crippen molar-refractivity contribution in [3.8, 4) is 11.5 Å². The molecule has 3 aromatic carbocycles. The van der Waals surface area contributed by atoms with E-state index in [9.17, 15) is 22.8 Å². The molecule has 0 fully saturated rings. The summed E-state index contributed by atoms with van der Waals surface area (Å²) in [4.78, 5) is 26.1. The molecule has 0 aliphatic rings. The third-order valence-corrected chi connectivity index (χ3v) is 5.90. The quantitative estimate of drug-likeness (QED) is 0.313. The van der Waals surface area contributed by atoms with Crippen LogP contribution in [0, 0.1) is 0 Å². The van der Waals surface area contributed by atoms with E-state index in [0.717, 1.165) is 19.2 Å². The molecule has 0 radical (unpaired) electrons. The van der Waals surface area contributed by atoms with Crippen LogP contribution in [-0.2, 0) is 24.6 Å². The lowest BCUT2D eigenvalue weighted by Gasteiger charge is -2.34. The van der Waals surface area contributed by atoms with E-state index in [2.05, 4.69) is 0 Å². The van der Waals surface area contributed by atoms with Crippen molar-refractivity contribution in [1.82, 2.24) is 0 Å². The lowest BCUT2D eigenvalue weighted by Crippen LogP contribution is -2.52. The van der Waals surface area contributed by atoms with Crippen LogP contribution in [-0.4, -0.2) is 45.5 Å². The van der Waals surface area contributed by atoms with Crippen LogP contribution in [0.5, 0.6) is 11.5 Å². The zero-order valence-electron chi connectivity index (χ0n) is 21.2. The van der Waals surface area contributed by atoms with Crippen LogP contribution in [0.2, 0.25) is 0 Å². The minimum Gasteiger partial charge on any atom is -0.497 e. The lowest BCUT2D eigenvalue weighted by atomic mass is 9.92. The Morgan fingerprint density at radius 3 is 1.74 bits per heavy atom. The summed E-state index contributed by atoms with van der Waals surface area (Å²) in [5.41, 5.74) is -3.33. The van der Waals surface area contributed by atoms with Crippen molar-refractivity contribution in [2.45, 2.75) is 30.9 Å². The fourth-order valence-corrected chi connectivity index (χ4v) is 3.84. The maximum atomic E-state index is 14.3. The fraction of sp³-hybridized carbons (Fsp3) is 0.286. The molecule has 3 atom stereocenters. The predicted molar refractivity (Wildman–Crippen MR) is 131 cm³/mol. The maximum absolute atomic E-state index is 14.3. The van der Waals surface area contributed by atoms with E-state index in [1.165, 1.54) is 51.5 Å². The number of halogens is 3. The number of ether oxygens (including phenoxy) is 5. The summed E-state index contributed by atoms with van der Waals surface area (Å²) >= 11 is 0. The third kappa shape index (κ3) is 5.91. The zero-order valence-corrected chi connectivity index (χ0v) is 21.2. The number of alkyl halides is 3. The van der Waals surface area contributed by atoms with E-state index in [-0.39, 0.29) is 5.56 Å². The number of carbonyl (C=O) groups excluding carboxylic acids is 2. The topological polar surface area (TPSA) is 80.3 Å². The summed E-state index contributed by atoms with van der Waals surface area (Å²) in [5.74, 6) is -1.48. The Morgan fingerprint density at radius 2 is 1.26 bits per heavy atom. The Balaban J connectivity index is 1.96. The van der Waals surface area contributed by atoms with E-state index in [1.807, 2.05) is 0 Å². The first kappa shape index (κ1) is 28.5. The average Bonchev–Trinajstić information content (AvgIpc) is 2.92. The van der Waals surface area contributed by atoms with Crippen LogP contribution in [0.3, 0.4) is 0 Å². The second kappa shape index (κ2) is 12.0. The monoisotopic (exact) mass is 532 g/mol. The van der Waals surface area contributed by atoms with Crippen LogP contribution < -0.4 is 9.47 Å². The van der Waals surface area contributed by atoms with Crippen LogP contribution in [0.1, 0.15) is 34.5 Å². The van der Waals surface area contributed by atoms with Crippen molar-refractivity contribution in [2.75, 3.05) is 21.3 Å². The zero-order chi connectivity index (χ0) is 27.9. The first-order valence-corrected chi connectivity index (χ1v) is 11.4. The SMILES string of the molecule is COc1ccc(C(=O)O[C@H](c2ccc(OC)cc2)[C@@H](C)OC(=O)[C@](OC)(c2ccccc2)C(F)(F)F)cc1. The summed E-state index contributed by atoms with van der Waals surface area (Å²) < 4.78 is 69.0. The van der Waals surface area contributed by atoms with Gasteiger partial charge in [-0.05, 0) is 48.9 Å². The fourth-order valence-electron chi connectivity index (χ4n) is 3.84. The van der Waals surface area contributed by atoms with Crippen molar-refractivity contribution in [3.05, 3.63) is 95.6 Å². The van der Waals surface area contributed by atoms with E-state index < -0.39 is 41.5 Å². The number of hydrogen-bond acceptors (Lipinski definition) is 7. The van der Waals surface area contributed by atoms with Gasteiger partial charge in [0.25, 0.3) is 5.60 Å². The van der Waals surface area contributed by atoms with Gasteiger partial charge in [0.2, 0.25) is 0 Å². The summed E-state index contributed by atoms with van der Waals surface area (Å²) in [7, 11) is 3.71. The summed E-state index contributed by atoms with van der Waals surface area (Å²) in [5, 5.41) is 0. The molecule has 0 amide bonds. The van der Waals surface area contributed by atoms with Crippen LogP contribution in [0.25, 0.3) is 0 Å². The molecule has 0 N–H and O–H groups in total. The Morgan fingerprint density at radius 1 is 0.737 bits per heavy atom. The highest BCUT2D eigenvalue weighted by Crippen LogP contribution is 2.43. The Hall–Kier alpha value is -4.05. The normalized spacial score (nSPS) is 14.5. The van der Waals surface area contributed by atoms with Crippen molar-refractivity contribution >= 4 is 11.9 Å². The second-order valence-electron chi connectivity index (χ2n) is 8.19. The van der Waals surface area contributed by atoms with Crippen LogP contribution in [0.15, 0.2) is 78.9 Å². The van der Waals surface area contributed by atoms with Gasteiger partial charge in [-0.25, -0.2) is 9.59 Å². The van der Waals surface area contributed by atoms with Crippen LogP contribution >= 0.6 is 0 Å². The molecule has 0 aliphatic carbocycles. The molecular weight excluding hydrogens is 505 g/mol. The Kier molecular flexibility index (Phi) is 9.00. The molecule has 3 aromatic rings. The average molecular weight is 533 g/mol. The van der Waals surface area contributed by atoms with Gasteiger partial charge in [0.05, 0.1) is 19.8 Å². The number of rotatable bonds is 10. The van der Waals surface area contributed by atoms with Gasteiger partial charge in [0.1, 0.15) is 17.6 Å². The smallest absolute Gasteiger partial charge is 0.432 e. The molecule has 0 spiro atoms. The molecule has 0 saturated heterocycles. The highest BCUT2D eigenvalue weighted by atomic mass is 19.4. The van der Waals surface area contributed by atoms with E-state index in [4.69, 9.17) is 23.7 Å². The van der Waals surface area contributed by atoms with Gasteiger partial charge in [0.15, 0.2) is 6.10 Å². The maximum Gasteiger partial charge on any atom is 0.432 e. The van der Waals surface area contributed by atoms with Gasteiger partial charge >= 0.3 is 18.1 Å². The second-order valence-corrected chi connectivity index (χ2v) is 8.19. The van der Waals surface area contributed by atoms with Crippen LogP contribution in [0.4, 0.5) is 13.2 Å². The van der Waals surface area contributed by atoms with Gasteiger partial charge in [-0.1, -0.05) is 42.5 Å². The summed E-state index contributed by atoms with van der Waals surface area (Å²) in [6, 6.07) is 18.8. The largest absolute Gasteiger partial charge is 0.497 e. The molecule has 10 heteroatoms. The van der Waals surface area contributed by atoms with Gasteiger partial charge in [-0.3, -0.25) is 0 Å². The molecule has 202 valence electrons. The Labute approximate surface area is 218 Å². The van der Waals surface area contributed by atoms with Crippen molar-refractivity contribution in [2.24, 2.45) is 0 Å². The molecule has 38 heavy (non-hydrogen) atoms. The standard InChI is InChI=1S/C28H27F3O7/c1-18(37-26(33)27(36-4,28(29,30)31)21-8-6-5-7-9-21)24(19-10-14-22(34-2)15-11-19)38-25(32)20-12-16-23(35-3)17-13-20/h5-18,24H,1-4H3/t18-,24+,27-/m1/s1. The first-order valence-electron chi connectivity index (χ1n) is 11.4. The molecule has 3 rings (SSSR count). The number of methoxy groups -OCH3 is 3.